The summed E-state index contributed by atoms with van der Waals surface area (Å²) in [6, 6.07) is 11.5. The fourth-order valence-corrected chi connectivity index (χ4v) is 3.21. The number of halogens is 1. The third kappa shape index (κ3) is 3.71. The van der Waals surface area contributed by atoms with Gasteiger partial charge in [0.25, 0.3) is 0 Å². The predicted molar refractivity (Wildman–Crippen MR) is 79.1 cm³/mol. The van der Waals surface area contributed by atoms with E-state index >= 15 is 0 Å². The van der Waals surface area contributed by atoms with Crippen molar-refractivity contribution in [2.75, 3.05) is 5.32 Å². The first kappa shape index (κ1) is 16.0. The highest BCUT2D eigenvalue weighted by Crippen LogP contribution is 2.25. The Morgan fingerprint density at radius 1 is 1.05 bits per heavy atom. The van der Waals surface area contributed by atoms with Crippen LogP contribution in [0.5, 0.6) is 0 Å². The van der Waals surface area contributed by atoms with E-state index in [-0.39, 0.29) is 12.4 Å². The molecule has 1 N–H and O–H groups in total. The Balaban J connectivity index is 0.00000180. The lowest BCUT2D eigenvalue weighted by Gasteiger charge is -2.10. The molecule has 0 saturated heterocycles. The summed E-state index contributed by atoms with van der Waals surface area (Å²) in [5.74, 6) is 0. The summed E-state index contributed by atoms with van der Waals surface area (Å²) in [5, 5.41) is 7.00. The summed E-state index contributed by atoms with van der Waals surface area (Å²) >= 11 is 1.78. The predicted octanol–water partition coefficient (Wildman–Crippen LogP) is 1.11. The van der Waals surface area contributed by atoms with Crippen LogP contribution < -0.4 is 22.3 Å². The molecule has 1 heterocycles. The molecule has 0 aliphatic heterocycles. The highest BCUT2D eigenvalue weighted by Gasteiger charge is 2.21. The van der Waals surface area contributed by atoms with Crippen LogP contribution in [0.15, 0.2) is 35.7 Å². The second kappa shape index (κ2) is 6.92. The van der Waals surface area contributed by atoms with E-state index in [4.69, 9.17) is 0 Å². The molecule has 0 saturated carbocycles. The zero-order chi connectivity index (χ0) is 13.1. The normalized spacial score (nSPS) is 10.6. The van der Waals surface area contributed by atoms with E-state index in [1.54, 1.807) is 11.3 Å². The molecule has 0 bridgehead atoms. The highest BCUT2D eigenvalue weighted by molar-refractivity contribution is 7.13. The molecule has 0 aliphatic rings. The standard InChI is InChI=1S/C15H20N2S.ClH/c1-11(2)16-15-17(12(3)4)14(10-18-15)13-8-6-5-7-9-13;/h5-12H,1-4H3;1H. The van der Waals surface area contributed by atoms with Crippen LogP contribution >= 0.6 is 11.3 Å². The van der Waals surface area contributed by atoms with Crippen LogP contribution in [0.3, 0.4) is 0 Å². The van der Waals surface area contributed by atoms with E-state index in [0.29, 0.717) is 12.1 Å². The van der Waals surface area contributed by atoms with Gasteiger partial charge in [-0.15, -0.1) is 0 Å². The van der Waals surface area contributed by atoms with Crippen LogP contribution in [-0.2, 0) is 0 Å². The maximum absolute atomic E-state index is 3.53. The summed E-state index contributed by atoms with van der Waals surface area (Å²) in [7, 11) is 0. The van der Waals surface area contributed by atoms with Crippen molar-refractivity contribution in [3.63, 3.8) is 0 Å². The fourth-order valence-electron chi connectivity index (χ4n) is 2.01. The SMILES string of the molecule is CC(C)Nc1scc(-c2ccccc2)[n+]1C(C)C.[Cl-]. The zero-order valence-corrected chi connectivity index (χ0v) is 13.4. The summed E-state index contributed by atoms with van der Waals surface area (Å²) < 4.78 is 2.38. The third-order valence-electron chi connectivity index (χ3n) is 2.76. The number of anilines is 1. The van der Waals surface area contributed by atoms with Gasteiger partial charge in [0.2, 0.25) is 0 Å². The van der Waals surface area contributed by atoms with Crippen molar-refractivity contribution >= 4 is 16.5 Å². The molecule has 2 nitrogen and oxygen atoms in total. The summed E-state index contributed by atoms with van der Waals surface area (Å²) in [4.78, 5) is 0. The fraction of sp³-hybridized carbons (Fsp3) is 0.400. The van der Waals surface area contributed by atoms with Crippen molar-refractivity contribution in [1.29, 1.82) is 0 Å². The van der Waals surface area contributed by atoms with Crippen molar-refractivity contribution in [3.8, 4) is 11.3 Å². The van der Waals surface area contributed by atoms with Gasteiger partial charge < -0.3 is 12.4 Å². The van der Waals surface area contributed by atoms with Crippen molar-refractivity contribution in [2.45, 2.75) is 39.8 Å². The van der Waals surface area contributed by atoms with Gasteiger partial charge in [0.15, 0.2) is 0 Å². The number of thiazole rings is 1. The third-order valence-corrected chi connectivity index (χ3v) is 3.64. The smallest absolute Gasteiger partial charge is 0.334 e. The summed E-state index contributed by atoms with van der Waals surface area (Å²) in [5.41, 5.74) is 2.57. The first-order valence-corrected chi connectivity index (χ1v) is 7.32. The zero-order valence-electron chi connectivity index (χ0n) is 11.9. The van der Waals surface area contributed by atoms with Crippen molar-refractivity contribution in [3.05, 3.63) is 35.7 Å². The van der Waals surface area contributed by atoms with Gasteiger partial charge >= 0.3 is 5.13 Å². The Bertz CT molecular complexity index is 506. The van der Waals surface area contributed by atoms with Gasteiger partial charge in [0.05, 0.1) is 12.1 Å². The number of aromatic nitrogens is 1. The molecule has 1 aromatic carbocycles. The molecule has 2 rings (SSSR count). The van der Waals surface area contributed by atoms with E-state index in [2.05, 4.69) is 73.3 Å². The largest absolute Gasteiger partial charge is 1.00 e. The molecule has 0 atom stereocenters. The van der Waals surface area contributed by atoms with Crippen molar-refractivity contribution in [1.82, 2.24) is 0 Å². The molecule has 0 fully saturated rings. The molecule has 0 amide bonds. The Kier molecular flexibility index (Phi) is 5.83. The molecule has 0 spiro atoms. The Morgan fingerprint density at radius 2 is 1.68 bits per heavy atom. The van der Waals surface area contributed by atoms with Gasteiger partial charge in [-0.05, 0) is 27.7 Å². The molecule has 0 aliphatic carbocycles. The quantitative estimate of drug-likeness (QED) is 0.836. The van der Waals surface area contributed by atoms with Crippen molar-refractivity contribution < 1.29 is 17.0 Å². The maximum atomic E-state index is 3.53. The van der Waals surface area contributed by atoms with Crippen molar-refractivity contribution in [2.24, 2.45) is 0 Å². The van der Waals surface area contributed by atoms with Gasteiger partial charge in [-0.25, -0.2) is 4.57 Å². The summed E-state index contributed by atoms with van der Waals surface area (Å²) in [6.07, 6.45) is 0. The molecular formula is C15H21ClN2S. The van der Waals surface area contributed by atoms with E-state index in [9.17, 15) is 0 Å². The van der Waals surface area contributed by atoms with Crippen LogP contribution in [0.4, 0.5) is 5.13 Å². The molecule has 0 radical (unpaired) electrons. The van der Waals surface area contributed by atoms with Gasteiger partial charge in [-0.2, -0.15) is 0 Å². The van der Waals surface area contributed by atoms with E-state index < -0.39 is 0 Å². The van der Waals surface area contributed by atoms with E-state index in [1.807, 2.05) is 0 Å². The van der Waals surface area contributed by atoms with E-state index in [0.717, 1.165) is 0 Å². The first-order chi connectivity index (χ1) is 8.59. The average Bonchev–Trinajstić information content (AvgIpc) is 2.73. The Morgan fingerprint density at radius 3 is 2.21 bits per heavy atom. The molecule has 104 valence electrons. The minimum absolute atomic E-state index is 0. The lowest BCUT2D eigenvalue weighted by Crippen LogP contribution is -3.00. The topological polar surface area (TPSA) is 15.9 Å². The molecule has 0 unspecified atom stereocenters. The van der Waals surface area contributed by atoms with Crippen LogP contribution in [-0.4, -0.2) is 6.04 Å². The number of hydrogen-bond acceptors (Lipinski definition) is 2. The molecule has 4 heteroatoms. The lowest BCUT2D eigenvalue weighted by molar-refractivity contribution is -0.688. The molecule has 2 aromatic rings. The monoisotopic (exact) mass is 296 g/mol. The minimum atomic E-state index is 0. The van der Waals surface area contributed by atoms with Crippen LogP contribution in [0, 0.1) is 0 Å². The Labute approximate surface area is 125 Å². The molecular weight excluding hydrogens is 276 g/mol. The minimum Gasteiger partial charge on any atom is -1.00 e. The van der Waals surface area contributed by atoms with Crippen LogP contribution in [0.25, 0.3) is 11.3 Å². The van der Waals surface area contributed by atoms with Gasteiger partial charge in [0.1, 0.15) is 5.69 Å². The average molecular weight is 297 g/mol. The number of nitrogens with one attached hydrogen (secondary N) is 1. The number of hydrogen-bond donors (Lipinski definition) is 1. The lowest BCUT2D eigenvalue weighted by atomic mass is 10.1. The molecule has 1 aromatic heterocycles. The highest BCUT2D eigenvalue weighted by atomic mass is 35.5. The maximum Gasteiger partial charge on any atom is 0.334 e. The van der Waals surface area contributed by atoms with Gasteiger partial charge in [-0.1, -0.05) is 41.7 Å². The number of benzene rings is 1. The van der Waals surface area contributed by atoms with Crippen LogP contribution in [0.1, 0.15) is 33.7 Å². The van der Waals surface area contributed by atoms with Gasteiger partial charge in [0, 0.05) is 10.9 Å². The van der Waals surface area contributed by atoms with E-state index in [1.165, 1.54) is 16.4 Å². The Hall–Kier alpha value is -1.06. The second-order valence-corrected chi connectivity index (χ2v) is 5.91. The molecule has 19 heavy (non-hydrogen) atoms. The summed E-state index contributed by atoms with van der Waals surface area (Å²) in [6.45, 7) is 8.80. The number of rotatable bonds is 4. The number of nitrogens with zero attached hydrogens (tertiary/aromatic N) is 1. The first-order valence-electron chi connectivity index (χ1n) is 6.44. The van der Waals surface area contributed by atoms with Gasteiger partial charge in [-0.3, -0.25) is 5.32 Å². The second-order valence-electron chi connectivity index (χ2n) is 5.05. The van der Waals surface area contributed by atoms with Crippen LogP contribution in [0.2, 0.25) is 0 Å².